The molecule has 0 spiro atoms. The number of amides is 2. The maximum atomic E-state index is 13.5. The summed E-state index contributed by atoms with van der Waals surface area (Å²) >= 11 is 0. The summed E-state index contributed by atoms with van der Waals surface area (Å²) in [6, 6.07) is 16.6. The highest BCUT2D eigenvalue weighted by Gasteiger charge is 2.55. The number of hydrogen-bond acceptors (Lipinski definition) is 8. The van der Waals surface area contributed by atoms with E-state index >= 15 is 0 Å². The van der Waals surface area contributed by atoms with Gasteiger partial charge in [-0.3, -0.25) is 18.0 Å². The number of benzene rings is 2. The van der Waals surface area contributed by atoms with Gasteiger partial charge in [0, 0.05) is 54.3 Å². The Morgan fingerprint density at radius 3 is 1.32 bits per heavy atom. The van der Waals surface area contributed by atoms with Gasteiger partial charge in [-0.1, -0.05) is 63.6 Å². The summed E-state index contributed by atoms with van der Waals surface area (Å²) in [6.45, 7) is 4.78. The molecule has 0 saturated heterocycles. The average Bonchev–Trinajstić information content (AvgIpc) is 4.16. The summed E-state index contributed by atoms with van der Waals surface area (Å²) in [6.07, 6.45) is -3.14. The highest BCUT2D eigenvalue weighted by atomic mass is 32.2. The van der Waals surface area contributed by atoms with Crippen LogP contribution in [0.3, 0.4) is 0 Å². The number of carbonyl (C=O) groups is 2. The Balaban J connectivity index is 0.000000244. The molecule has 354 valence electrons. The summed E-state index contributed by atoms with van der Waals surface area (Å²) in [5.74, 6) is 8.46. The Hall–Kier alpha value is -4.78. The maximum absolute atomic E-state index is 13.5. The fourth-order valence-electron chi connectivity index (χ4n) is 7.21. The molecule has 2 fully saturated rings. The number of carbonyl (C=O) groups excluding carboxylic acids is 2. The zero-order valence-corrected chi connectivity index (χ0v) is 38.1. The van der Waals surface area contributed by atoms with Crippen LogP contribution >= 0.6 is 0 Å². The van der Waals surface area contributed by atoms with Gasteiger partial charge in [0.1, 0.15) is 10.1 Å². The van der Waals surface area contributed by atoms with E-state index < -0.39 is 55.4 Å². The molecule has 10 nitrogen and oxygen atoms in total. The fraction of sp³-hybridized carbons (Fsp3) is 0.447. The molecule has 2 amide bonds. The Kier molecular flexibility index (Phi) is 16.1. The molecule has 0 aliphatic heterocycles. The second-order valence-corrected chi connectivity index (χ2v) is 22.3. The lowest BCUT2D eigenvalue weighted by molar-refractivity contribution is -0.272. The molecule has 4 atom stereocenters. The number of hydrogen-bond donors (Lipinski definition) is 4. The molecule has 2 saturated carbocycles. The van der Waals surface area contributed by atoms with Gasteiger partial charge in [-0.05, 0) is 127 Å². The minimum absolute atomic E-state index is 0.00167. The van der Waals surface area contributed by atoms with Gasteiger partial charge in [0.2, 0.25) is 11.8 Å². The van der Waals surface area contributed by atoms with Crippen molar-refractivity contribution in [3.63, 3.8) is 0 Å². The quantitative estimate of drug-likeness (QED) is 0.0569. The first-order valence-corrected chi connectivity index (χ1v) is 25.0. The Labute approximate surface area is 376 Å². The van der Waals surface area contributed by atoms with E-state index in [4.69, 9.17) is 0 Å². The van der Waals surface area contributed by atoms with E-state index in [0.717, 1.165) is 25.7 Å². The van der Waals surface area contributed by atoms with Crippen LogP contribution in [-0.2, 0) is 52.7 Å². The molecule has 2 aromatic heterocycles. The first-order valence-electron chi connectivity index (χ1n) is 21.2. The number of alkyl halides is 6. The van der Waals surface area contributed by atoms with Gasteiger partial charge >= 0.3 is 12.4 Å². The van der Waals surface area contributed by atoms with Crippen molar-refractivity contribution >= 4 is 54.0 Å². The van der Waals surface area contributed by atoms with Gasteiger partial charge in [-0.15, -0.1) is 0 Å². The molecule has 4 aromatic rings. The Bertz CT molecular complexity index is 2470. The number of halogens is 6. The van der Waals surface area contributed by atoms with Crippen LogP contribution in [0.2, 0.25) is 0 Å². The van der Waals surface area contributed by atoms with Gasteiger partial charge in [-0.2, -0.15) is 26.3 Å². The molecule has 0 bridgehead atoms. The van der Waals surface area contributed by atoms with E-state index in [1.165, 1.54) is 60.9 Å². The number of anilines is 2. The van der Waals surface area contributed by atoms with Crippen molar-refractivity contribution in [1.82, 2.24) is 9.97 Å². The molecule has 2 aliphatic rings. The lowest BCUT2D eigenvalue weighted by atomic mass is 9.85. The largest absolute Gasteiger partial charge is 0.421 e. The SMILES string of the molecule is C=S(=O)(CC1CC1)c1ccc(CC(=O)Nc2ccc(C(O)(CC(C)C)C(F)(F)F)cc2)cn1.C=S(=O)(CC1CC1)c1ccc(CC(=O)Nc2ccc(C(O)(CCC)C(F)(F)F)cc2)cn1. The van der Waals surface area contributed by atoms with Crippen molar-refractivity contribution < 1.29 is 54.6 Å². The van der Waals surface area contributed by atoms with Crippen LogP contribution in [-0.4, -0.2) is 76.0 Å². The molecular weight excluding hydrogens is 895 g/mol. The van der Waals surface area contributed by atoms with Crippen LogP contribution in [0.1, 0.15) is 88.0 Å². The first kappa shape index (κ1) is 51.2. The summed E-state index contributed by atoms with van der Waals surface area (Å²) in [4.78, 5) is 33.1. The van der Waals surface area contributed by atoms with E-state index in [1.807, 2.05) is 0 Å². The monoisotopic (exact) mass is 950 g/mol. The second-order valence-electron chi connectivity index (χ2n) is 17.5. The van der Waals surface area contributed by atoms with Crippen molar-refractivity contribution in [3.05, 3.63) is 107 Å². The highest BCUT2D eigenvalue weighted by molar-refractivity contribution is 8.00. The van der Waals surface area contributed by atoms with Crippen molar-refractivity contribution in [2.75, 3.05) is 22.1 Å². The van der Waals surface area contributed by atoms with Crippen LogP contribution in [0.15, 0.2) is 95.2 Å². The highest BCUT2D eigenvalue weighted by Crippen LogP contribution is 2.44. The van der Waals surface area contributed by atoms with Crippen LogP contribution in [0.25, 0.3) is 0 Å². The smallest absolute Gasteiger partial charge is 0.376 e. The molecule has 65 heavy (non-hydrogen) atoms. The third-order valence-corrected chi connectivity index (χ3v) is 15.1. The van der Waals surface area contributed by atoms with E-state index in [1.54, 1.807) is 45.0 Å². The van der Waals surface area contributed by atoms with E-state index in [-0.39, 0.29) is 48.1 Å². The van der Waals surface area contributed by atoms with Gasteiger partial charge in [0.15, 0.2) is 11.2 Å². The van der Waals surface area contributed by atoms with Gasteiger partial charge in [0.05, 0.1) is 12.8 Å². The summed E-state index contributed by atoms with van der Waals surface area (Å²) < 4.78 is 106. The van der Waals surface area contributed by atoms with Crippen molar-refractivity contribution in [1.29, 1.82) is 0 Å². The average molecular weight is 951 g/mol. The molecular formula is C47H56F6N4O6S2. The number of nitrogens with zero attached hydrogens (tertiary/aromatic N) is 2. The zero-order chi connectivity index (χ0) is 48.0. The lowest BCUT2D eigenvalue weighted by Gasteiger charge is -2.32. The molecule has 4 unspecified atom stereocenters. The third kappa shape index (κ3) is 13.9. The standard InChI is InChI=1S/C24H29F3N2O3S.C23H27F3N2O3S/c1-16(2)13-23(31,24(25,26)27)19-7-9-20(10-8-19)29-21(30)12-18-6-11-22(28-14-18)33(3,32)15-17-4-5-17;1-3-12-22(30,23(24,25)26)18-7-9-19(10-8-18)28-20(29)13-17-6-11-21(27-14-17)32(2,31)15-16-4-5-16/h6-11,14,16-17,31H,3-5,12-13,15H2,1-2H3,(H,29,30);6-11,14,16,30H,2-5,12-13,15H2,1H3,(H,28,29). The second kappa shape index (κ2) is 20.4. The lowest BCUT2D eigenvalue weighted by Crippen LogP contribution is -2.43. The Morgan fingerprint density at radius 1 is 0.662 bits per heavy atom. The van der Waals surface area contributed by atoms with Crippen molar-refractivity contribution in [2.45, 2.75) is 112 Å². The molecule has 2 heterocycles. The van der Waals surface area contributed by atoms with Gasteiger partial charge in [-0.25, -0.2) is 9.97 Å². The van der Waals surface area contributed by atoms with Gasteiger partial charge in [0.25, 0.3) is 0 Å². The van der Waals surface area contributed by atoms with E-state index in [2.05, 4.69) is 32.3 Å². The van der Waals surface area contributed by atoms with Crippen LogP contribution in [0, 0.1) is 17.8 Å². The predicted octanol–water partition coefficient (Wildman–Crippen LogP) is 8.84. The summed E-state index contributed by atoms with van der Waals surface area (Å²) in [5.41, 5.74) is -4.58. The first-order chi connectivity index (χ1) is 30.2. The molecule has 6 rings (SSSR count). The number of pyridine rings is 2. The van der Waals surface area contributed by atoms with E-state index in [0.29, 0.717) is 55.9 Å². The predicted molar refractivity (Wildman–Crippen MR) is 243 cm³/mol. The zero-order valence-electron chi connectivity index (χ0n) is 36.5. The van der Waals surface area contributed by atoms with Crippen molar-refractivity contribution in [2.24, 2.45) is 17.8 Å². The summed E-state index contributed by atoms with van der Waals surface area (Å²) in [5, 5.41) is 26.6. The van der Waals surface area contributed by atoms with Gasteiger partial charge < -0.3 is 20.8 Å². The number of nitrogens with one attached hydrogen (secondary N) is 2. The third-order valence-electron chi connectivity index (χ3n) is 11.0. The van der Waals surface area contributed by atoms with Crippen LogP contribution in [0.5, 0.6) is 0 Å². The minimum Gasteiger partial charge on any atom is -0.376 e. The molecule has 4 N–H and O–H groups in total. The van der Waals surface area contributed by atoms with Crippen molar-refractivity contribution in [3.8, 4) is 0 Å². The fourth-order valence-corrected chi connectivity index (χ4v) is 10.9. The number of rotatable bonds is 18. The van der Waals surface area contributed by atoms with E-state index in [9.17, 15) is 54.6 Å². The number of aromatic nitrogens is 2. The molecule has 18 heteroatoms. The Morgan fingerprint density at radius 2 is 1.03 bits per heavy atom. The number of aliphatic hydroxyl groups is 2. The summed E-state index contributed by atoms with van der Waals surface area (Å²) in [7, 11) is -4.87. The molecule has 2 aliphatic carbocycles. The normalized spacial score (nSPS) is 17.9. The molecule has 2 aromatic carbocycles. The maximum Gasteiger partial charge on any atom is 0.421 e. The minimum atomic E-state index is -4.82. The van der Waals surface area contributed by atoms with Crippen LogP contribution in [0.4, 0.5) is 37.7 Å². The molecule has 0 radical (unpaired) electrons. The van der Waals surface area contributed by atoms with Crippen LogP contribution < -0.4 is 10.6 Å². The topological polar surface area (TPSA) is 159 Å².